The Morgan fingerprint density at radius 1 is 1.12 bits per heavy atom. The molecule has 25 heavy (non-hydrogen) atoms. The number of ether oxygens (including phenoxy) is 2. The molecule has 1 aromatic heterocycles. The van der Waals surface area contributed by atoms with E-state index >= 15 is 0 Å². The van der Waals surface area contributed by atoms with Crippen LogP contribution in [0.1, 0.15) is 21.7 Å². The molecule has 6 heteroatoms. The fraction of sp³-hybridized carbons (Fsp3) is 0.158. The number of hydrogen-bond acceptors (Lipinski definition) is 5. The Labute approximate surface area is 145 Å². The molecule has 6 nitrogen and oxygen atoms in total. The quantitative estimate of drug-likeness (QED) is 0.571. The van der Waals surface area contributed by atoms with Gasteiger partial charge in [-0.3, -0.25) is 4.79 Å². The van der Waals surface area contributed by atoms with Gasteiger partial charge in [0.1, 0.15) is 5.58 Å². The fourth-order valence-electron chi connectivity index (χ4n) is 2.54. The van der Waals surface area contributed by atoms with Crippen molar-refractivity contribution in [3.63, 3.8) is 0 Å². The molecule has 0 saturated carbocycles. The summed E-state index contributed by atoms with van der Waals surface area (Å²) in [6.07, 6.45) is 1.53. The molecule has 3 rings (SSSR count). The molecule has 0 spiro atoms. The van der Waals surface area contributed by atoms with Gasteiger partial charge in [-0.15, -0.1) is 0 Å². The zero-order valence-corrected chi connectivity index (χ0v) is 14.2. The topological polar surface area (TPSA) is 73.1 Å². The van der Waals surface area contributed by atoms with Gasteiger partial charge in [0.25, 0.3) is 0 Å². The number of aryl methyl sites for hydroxylation is 1. The summed E-state index contributed by atoms with van der Waals surface area (Å²) >= 11 is 0. The van der Waals surface area contributed by atoms with Crippen molar-refractivity contribution in [1.82, 2.24) is 5.43 Å². The predicted molar refractivity (Wildman–Crippen MR) is 95.6 cm³/mol. The van der Waals surface area contributed by atoms with Gasteiger partial charge in [0.2, 0.25) is 0 Å². The SMILES string of the molecule is COc1ccc(/C=N\NC(=O)c2oc3ccccc3c2C)cc1OC. The number of para-hydroxylation sites is 1. The highest BCUT2D eigenvalue weighted by Gasteiger charge is 2.16. The molecule has 0 atom stereocenters. The van der Waals surface area contributed by atoms with Crippen LogP contribution in [0.3, 0.4) is 0 Å². The number of methoxy groups -OCH3 is 2. The van der Waals surface area contributed by atoms with Crippen molar-refractivity contribution in [3.8, 4) is 11.5 Å². The smallest absolute Gasteiger partial charge is 0.307 e. The van der Waals surface area contributed by atoms with Crippen LogP contribution in [0.15, 0.2) is 52.0 Å². The number of amides is 1. The first-order valence-corrected chi connectivity index (χ1v) is 7.67. The molecule has 1 N–H and O–H groups in total. The number of fused-ring (bicyclic) bond motifs is 1. The summed E-state index contributed by atoms with van der Waals surface area (Å²) in [6.45, 7) is 1.85. The van der Waals surface area contributed by atoms with Gasteiger partial charge < -0.3 is 13.9 Å². The summed E-state index contributed by atoms with van der Waals surface area (Å²) in [5, 5.41) is 4.89. The molecule has 0 unspecified atom stereocenters. The summed E-state index contributed by atoms with van der Waals surface area (Å²) < 4.78 is 16.0. The maximum absolute atomic E-state index is 12.3. The van der Waals surface area contributed by atoms with E-state index in [1.165, 1.54) is 6.21 Å². The molecule has 0 radical (unpaired) electrons. The summed E-state index contributed by atoms with van der Waals surface area (Å²) in [6, 6.07) is 12.9. The van der Waals surface area contributed by atoms with Gasteiger partial charge in [0.15, 0.2) is 17.3 Å². The summed E-state index contributed by atoms with van der Waals surface area (Å²) in [7, 11) is 3.13. The number of nitrogens with one attached hydrogen (secondary N) is 1. The Morgan fingerprint density at radius 3 is 2.60 bits per heavy atom. The number of furan rings is 1. The molecule has 0 aliphatic rings. The van der Waals surface area contributed by atoms with Gasteiger partial charge in [0, 0.05) is 10.9 Å². The first-order valence-electron chi connectivity index (χ1n) is 7.67. The number of nitrogens with zero attached hydrogens (tertiary/aromatic N) is 1. The summed E-state index contributed by atoms with van der Waals surface area (Å²) in [5.41, 5.74) is 4.70. The molecule has 2 aromatic carbocycles. The average molecular weight is 338 g/mol. The molecule has 128 valence electrons. The van der Waals surface area contributed by atoms with E-state index in [-0.39, 0.29) is 5.76 Å². The lowest BCUT2D eigenvalue weighted by molar-refractivity contribution is 0.0929. The van der Waals surface area contributed by atoms with Crippen LogP contribution in [0.4, 0.5) is 0 Å². The fourth-order valence-corrected chi connectivity index (χ4v) is 2.54. The van der Waals surface area contributed by atoms with Gasteiger partial charge in [0.05, 0.1) is 20.4 Å². The summed E-state index contributed by atoms with van der Waals surface area (Å²) in [5.74, 6) is 1.07. The largest absolute Gasteiger partial charge is 0.493 e. The number of hydrogen-bond donors (Lipinski definition) is 1. The van der Waals surface area contributed by atoms with Crippen LogP contribution in [0, 0.1) is 6.92 Å². The highest BCUT2D eigenvalue weighted by molar-refractivity contribution is 5.99. The van der Waals surface area contributed by atoms with Crippen LogP contribution in [0.2, 0.25) is 0 Å². The zero-order chi connectivity index (χ0) is 17.8. The van der Waals surface area contributed by atoms with Crippen LogP contribution >= 0.6 is 0 Å². The molecule has 3 aromatic rings. The molecular weight excluding hydrogens is 320 g/mol. The van der Waals surface area contributed by atoms with Crippen molar-refractivity contribution >= 4 is 23.1 Å². The van der Waals surface area contributed by atoms with Gasteiger partial charge in [-0.05, 0) is 36.8 Å². The maximum Gasteiger partial charge on any atom is 0.307 e. The minimum Gasteiger partial charge on any atom is -0.493 e. The second-order valence-electron chi connectivity index (χ2n) is 5.37. The second-order valence-corrected chi connectivity index (χ2v) is 5.37. The van der Waals surface area contributed by atoms with Crippen molar-refractivity contribution in [3.05, 3.63) is 59.4 Å². The molecular formula is C19H18N2O4. The zero-order valence-electron chi connectivity index (χ0n) is 14.2. The van der Waals surface area contributed by atoms with Crippen molar-refractivity contribution in [2.24, 2.45) is 5.10 Å². The van der Waals surface area contributed by atoms with Crippen LogP contribution in [-0.2, 0) is 0 Å². The first kappa shape index (κ1) is 16.6. The van der Waals surface area contributed by atoms with E-state index in [4.69, 9.17) is 13.9 Å². The lowest BCUT2D eigenvalue weighted by Crippen LogP contribution is -2.17. The van der Waals surface area contributed by atoms with Gasteiger partial charge in [-0.25, -0.2) is 5.43 Å². The minimum absolute atomic E-state index is 0.255. The molecule has 0 saturated heterocycles. The van der Waals surface area contributed by atoms with E-state index < -0.39 is 5.91 Å². The summed E-state index contributed by atoms with van der Waals surface area (Å²) in [4.78, 5) is 12.3. The molecule has 0 bridgehead atoms. The second kappa shape index (κ2) is 7.09. The standard InChI is InChI=1S/C19H18N2O4/c1-12-14-6-4-5-7-15(14)25-18(12)19(22)21-20-11-13-8-9-16(23-2)17(10-13)24-3/h4-11H,1-3H3,(H,21,22)/b20-11-. The molecule has 1 heterocycles. The van der Waals surface area contributed by atoms with Crippen LogP contribution in [-0.4, -0.2) is 26.3 Å². The average Bonchev–Trinajstić information content (AvgIpc) is 2.98. The highest BCUT2D eigenvalue weighted by atomic mass is 16.5. The van der Waals surface area contributed by atoms with Gasteiger partial charge >= 0.3 is 5.91 Å². The third-order valence-electron chi connectivity index (χ3n) is 3.84. The van der Waals surface area contributed by atoms with Crippen LogP contribution < -0.4 is 14.9 Å². The Bertz CT molecular complexity index is 944. The Morgan fingerprint density at radius 2 is 1.88 bits per heavy atom. The third kappa shape index (κ3) is 3.33. The predicted octanol–water partition coefficient (Wildman–Crippen LogP) is 3.52. The lowest BCUT2D eigenvalue weighted by atomic mass is 10.1. The number of rotatable bonds is 5. The third-order valence-corrected chi connectivity index (χ3v) is 3.84. The van der Waals surface area contributed by atoms with Crippen molar-refractivity contribution < 1.29 is 18.7 Å². The molecule has 0 fully saturated rings. The van der Waals surface area contributed by atoms with E-state index in [1.807, 2.05) is 37.3 Å². The molecule has 1 amide bonds. The van der Waals surface area contributed by atoms with Gasteiger partial charge in [-0.1, -0.05) is 18.2 Å². The van der Waals surface area contributed by atoms with E-state index in [0.717, 1.165) is 16.5 Å². The molecule has 0 aliphatic heterocycles. The van der Waals surface area contributed by atoms with E-state index in [0.29, 0.717) is 17.1 Å². The number of hydrazone groups is 1. The van der Waals surface area contributed by atoms with Crippen molar-refractivity contribution in [1.29, 1.82) is 0 Å². The Hall–Kier alpha value is -3.28. The Kier molecular flexibility index (Phi) is 4.70. The van der Waals surface area contributed by atoms with Crippen LogP contribution in [0.5, 0.6) is 11.5 Å². The van der Waals surface area contributed by atoms with Crippen molar-refractivity contribution in [2.45, 2.75) is 6.92 Å². The van der Waals surface area contributed by atoms with Crippen LogP contribution in [0.25, 0.3) is 11.0 Å². The number of benzene rings is 2. The normalized spacial score (nSPS) is 11.0. The maximum atomic E-state index is 12.3. The number of carbonyl (C=O) groups excluding carboxylic acids is 1. The first-order chi connectivity index (χ1) is 12.1. The lowest BCUT2D eigenvalue weighted by Gasteiger charge is -2.07. The monoisotopic (exact) mass is 338 g/mol. The van der Waals surface area contributed by atoms with Crippen molar-refractivity contribution in [2.75, 3.05) is 14.2 Å². The minimum atomic E-state index is -0.398. The molecule has 0 aliphatic carbocycles. The Balaban J connectivity index is 1.75. The van der Waals surface area contributed by atoms with E-state index in [2.05, 4.69) is 10.5 Å². The number of carbonyl (C=O) groups is 1. The van der Waals surface area contributed by atoms with Gasteiger partial charge in [-0.2, -0.15) is 5.10 Å². The van der Waals surface area contributed by atoms with E-state index in [1.54, 1.807) is 26.4 Å². The van der Waals surface area contributed by atoms with E-state index in [9.17, 15) is 4.79 Å². The highest BCUT2D eigenvalue weighted by Crippen LogP contribution is 2.27.